The number of hydroxylamine groups is 2. The fourth-order valence-corrected chi connectivity index (χ4v) is 7.29. The van der Waals surface area contributed by atoms with E-state index in [-0.39, 0.29) is 17.9 Å². The van der Waals surface area contributed by atoms with E-state index in [4.69, 9.17) is 9.57 Å². The number of carbonyl (C=O) groups excluding carboxylic acids is 2. The molecule has 1 unspecified atom stereocenters. The van der Waals surface area contributed by atoms with Crippen molar-refractivity contribution in [2.75, 3.05) is 33.9 Å². The maximum atomic E-state index is 13.7. The van der Waals surface area contributed by atoms with Crippen molar-refractivity contribution in [3.8, 4) is 0 Å². The fourth-order valence-electron chi connectivity index (χ4n) is 7.29. The predicted octanol–water partition coefficient (Wildman–Crippen LogP) is 14.0. The summed E-state index contributed by atoms with van der Waals surface area (Å²) >= 11 is 0. The molecule has 6 nitrogen and oxygen atoms in total. The van der Waals surface area contributed by atoms with E-state index < -0.39 is 0 Å². The zero-order valence-corrected chi connectivity index (χ0v) is 36.6. The zero-order chi connectivity index (χ0) is 39.0. The standard InChI is InChI=1S/C47H92N2O4/c1-7-11-15-17-19-21-23-29-36-45(49(46(50)38-33-41-48(5)6)53-42-32-26-22-20-18-16-12-8-2)37-30-24-25-31-39-47(51)52-43-40-44(34-27-13-9-3)35-28-14-10-4/h22,26,44-45H,7-21,23-25,27-43H2,1-6H3/b26-22-. The van der Waals surface area contributed by atoms with Gasteiger partial charge >= 0.3 is 5.97 Å². The van der Waals surface area contributed by atoms with Gasteiger partial charge in [-0.3, -0.25) is 14.4 Å². The Morgan fingerprint density at radius 1 is 0.509 bits per heavy atom. The molecule has 0 aliphatic carbocycles. The Bertz CT molecular complexity index is 806. The van der Waals surface area contributed by atoms with Crippen molar-refractivity contribution in [3.63, 3.8) is 0 Å². The van der Waals surface area contributed by atoms with Crippen molar-refractivity contribution < 1.29 is 19.2 Å². The molecule has 0 rings (SSSR count). The number of nitrogens with zero attached hydrogens (tertiary/aromatic N) is 2. The number of rotatable bonds is 41. The molecule has 0 aromatic heterocycles. The summed E-state index contributed by atoms with van der Waals surface area (Å²) in [5.74, 6) is 0.803. The number of hydrogen-bond acceptors (Lipinski definition) is 5. The Balaban J connectivity index is 5.02. The van der Waals surface area contributed by atoms with Crippen LogP contribution in [0.3, 0.4) is 0 Å². The van der Waals surface area contributed by atoms with E-state index in [2.05, 4.69) is 58.8 Å². The number of allylic oxidation sites excluding steroid dienone is 1. The fraction of sp³-hybridized carbons (Fsp3) is 0.915. The lowest BCUT2D eigenvalue weighted by molar-refractivity contribution is -0.202. The highest BCUT2D eigenvalue weighted by Gasteiger charge is 2.24. The predicted molar refractivity (Wildman–Crippen MR) is 229 cm³/mol. The normalized spacial score (nSPS) is 12.4. The summed E-state index contributed by atoms with van der Waals surface area (Å²) < 4.78 is 5.70. The molecule has 0 spiro atoms. The maximum absolute atomic E-state index is 13.7. The lowest BCUT2D eigenvalue weighted by Gasteiger charge is -2.31. The number of hydrogen-bond donors (Lipinski definition) is 0. The van der Waals surface area contributed by atoms with Crippen molar-refractivity contribution in [1.29, 1.82) is 0 Å². The van der Waals surface area contributed by atoms with E-state index in [0.717, 1.165) is 77.2 Å². The van der Waals surface area contributed by atoms with Crippen LogP contribution in [0.15, 0.2) is 12.2 Å². The summed E-state index contributed by atoms with van der Waals surface area (Å²) in [7, 11) is 4.14. The van der Waals surface area contributed by atoms with Crippen LogP contribution in [0.1, 0.15) is 233 Å². The minimum Gasteiger partial charge on any atom is -0.466 e. The van der Waals surface area contributed by atoms with E-state index in [1.54, 1.807) is 5.06 Å². The molecule has 0 saturated heterocycles. The summed E-state index contributed by atoms with van der Waals surface area (Å²) in [5.41, 5.74) is 0. The molecule has 0 saturated carbocycles. The van der Waals surface area contributed by atoms with E-state index >= 15 is 0 Å². The molecule has 0 aromatic carbocycles. The van der Waals surface area contributed by atoms with Gasteiger partial charge in [0.15, 0.2) is 0 Å². The second-order valence-corrected chi connectivity index (χ2v) is 16.3. The maximum Gasteiger partial charge on any atom is 0.305 e. The molecule has 314 valence electrons. The van der Waals surface area contributed by atoms with Crippen LogP contribution in [-0.4, -0.2) is 61.7 Å². The topological polar surface area (TPSA) is 59.1 Å². The third-order valence-corrected chi connectivity index (χ3v) is 10.8. The number of unbranched alkanes of at least 4 members (excludes halogenated alkanes) is 18. The van der Waals surface area contributed by atoms with Crippen LogP contribution >= 0.6 is 0 Å². The van der Waals surface area contributed by atoms with Gasteiger partial charge in [0.1, 0.15) is 0 Å². The zero-order valence-electron chi connectivity index (χ0n) is 36.6. The Labute approximate surface area is 331 Å². The number of esters is 1. The molecule has 1 atom stereocenters. The van der Waals surface area contributed by atoms with Crippen LogP contribution in [0, 0.1) is 5.92 Å². The molecular weight excluding hydrogens is 657 g/mol. The van der Waals surface area contributed by atoms with Gasteiger partial charge in [-0.1, -0.05) is 181 Å². The quantitative estimate of drug-likeness (QED) is 0.0270. The van der Waals surface area contributed by atoms with E-state index in [1.807, 2.05) is 0 Å². The Hall–Kier alpha value is -1.40. The molecule has 1 amide bonds. The highest BCUT2D eigenvalue weighted by atomic mass is 16.7. The monoisotopic (exact) mass is 749 g/mol. The number of ether oxygens (including phenoxy) is 1. The van der Waals surface area contributed by atoms with Crippen molar-refractivity contribution in [2.45, 2.75) is 239 Å². The first kappa shape index (κ1) is 51.6. The van der Waals surface area contributed by atoms with Crippen LogP contribution in [0.4, 0.5) is 0 Å². The molecule has 0 heterocycles. The van der Waals surface area contributed by atoms with Gasteiger partial charge < -0.3 is 9.64 Å². The third-order valence-electron chi connectivity index (χ3n) is 10.8. The molecule has 0 fully saturated rings. The van der Waals surface area contributed by atoms with Gasteiger partial charge in [0, 0.05) is 12.8 Å². The minimum absolute atomic E-state index is 0.0312. The van der Waals surface area contributed by atoms with E-state index in [9.17, 15) is 9.59 Å². The van der Waals surface area contributed by atoms with Crippen LogP contribution < -0.4 is 0 Å². The highest BCUT2D eigenvalue weighted by Crippen LogP contribution is 2.23. The lowest BCUT2D eigenvalue weighted by Crippen LogP contribution is -2.41. The van der Waals surface area contributed by atoms with E-state index in [1.165, 1.54) is 122 Å². The van der Waals surface area contributed by atoms with Crippen LogP contribution in [0.25, 0.3) is 0 Å². The molecule has 6 heteroatoms. The second-order valence-electron chi connectivity index (χ2n) is 16.3. The molecule has 0 aliphatic heterocycles. The number of carbonyl (C=O) groups is 2. The van der Waals surface area contributed by atoms with E-state index in [0.29, 0.717) is 32.0 Å². The first-order valence-electron chi connectivity index (χ1n) is 23.3. The van der Waals surface area contributed by atoms with Gasteiger partial charge in [0.2, 0.25) is 5.91 Å². The average Bonchev–Trinajstić information content (AvgIpc) is 3.14. The largest absolute Gasteiger partial charge is 0.466 e. The Morgan fingerprint density at radius 2 is 1.00 bits per heavy atom. The van der Waals surface area contributed by atoms with Crippen molar-refractivity contribution in [3.05, 3.63) is 12.2 Å². The molecular formula is C47H92N2O4. The first-order chi connectivity index (χ1) is 25.9. The van der Waals surface area contributed by atoms with Gasteiger partial charge in [0.05, 0.1) is 19.3 Å². The summed E-state index contributed by atoms with van der Waals surface area (Å²) in [6, 6.07) is 0.118. The van der Waals surface area contributed by atoms with Crippen molar-refractivity contribution in [1.82, 2.24) is 9.96 Å². The Morgan fingerprint density at radius 3 is 1.58 bits per heavy atom. The minimum atomic E-state index is -0.0312. The summed E-state index contributed by atoms with van der Waals surface area (Å²) in [5, 5.41) is 1.81. The van der Waals surface area contributed by atoms with Gasteiger partial charge in [0.25, 0.3) is 0 Å². The molecule has 0 bridgehead atoms. The lowest BCUT2D eigenvalue weighted by atomic mass is 9.92. The summed E-state index contributed by atoms with van der Waals surface area (Å²) in [6.45, 7) is 11.1. The first-order valence-corrected chi connectivity index (χ1v) is 23.3. The third kappa shape index (κ3) is 34.8. The Kier molecular flexibility index (Phi) is 39.2. The van der Waals surface area contributed by atoms with Gasteiger partial charge in [-0.05, 0) is 77.9 Å². The highest BCUT2D eigenvalue weighted by molar-refractivity contribution is 5.75. The van der Waals surface area contributed by atoms with Gasteiger partial charge in [-0.15, -0.1) is 0 Å². The smallest absolute Gasteiger partial charge is 0.305 e. The molecule has 0 N–H and O–H groups in total. The van der Waals surface area contributed by atoms with Crippen LogP contribution in [0.2, 0.25) is 0 Å². The summed E-state index contributed by atoms with van der Waals surface area (Å²) in [6.07, 6.45) is 41.1. The average molecular weight is 749 g/mol. The van der Waals surface area contributed by atoms with Crippen LogP contribution in [0.5, 0.6) is 0 Å². The van der Waals surface area contributed by atoms with Crippen molar-refractivity contribution >= 4 is 11.9 Å². The SMILES string of the molecule is CCCCCC/C=C\CCON(C(=O)CCCN(C)C)C(CCCCCCCCCC)CCCCCCC(=O)OCCC(CCCCC)CCCCC. The number of amides is 1. The van der Waals surface area contributed by atoms with Crippen molar-refractivity contribution in [2.24, 2.45) is 5.92 Å². The van der Waals surface area contributed by atoms with Crippen LogP contribution in [-0.2, 0) is 19.2 Å². The summed E-state index contributed by atoms with van der Waals surface area (Å²) in [4.78, 5) is 34.7. The molecule has 53 heavy (non-hydrogen) atoms. The molecule has 0 aliphatic rings. The second kappa shape index (κ2) is 40.3. The van der Waals surface area contributed by atoms with Gasteiger partial charge in [-0.2, -0.15) is 0 Å². The molecule has 0 radical (unpaired) electrons. The molecule has 0 aromatic rings. The van der Waals surface area contributed by atoms with Gasteiger partial charge in [-0.25, -0.2) is 5.06 Å².